The molecule has 5 nitrogen and oxygen atoms in total. The minimum Gasteiger partial charge on any atom is -0.326 e. The molecule has 0 aliphatic heterocycles. The third-order valence-electron chi connectivity index (χ3n) is 3.58. The van der Waals surface area contributed by atoms with Gasteiger partial charge in [-0.15, -0.1) is 0 Å². The van der Waals surface area contributed by atoms with Crippen molar-refractivity contribution in [3.05, 3.63) is 88.7 Å². The Labute approximate surface area is 159 Å². The first-order valence-corrected chi connectivity index (χ1v) is 8.75. The predicted molar refractivity (Wildman–Crippen MR) is 105 cm³/mol. The van der Waals surface area contributed by atoms with Crippen LogP contribution in [-0.2, 0) is 11.2 Å². The summed E-state index contributed by atoms with van der Waals surface area (Å²) in [6, 6.07) is 18.0. The minimum absolute atomic E-state index is 0.126. The van der Waals surface area contributed by atoms with E-state index >= 15 is 0 Å². The van der Waals surface area contributed by atoms with E-state index in [0.717, 1.165) is 10.0 Å². The van der Waals surface area contributed by atoms with Crippen LogP contribution in [0.4, 0.5) is 11.4 Å². The maximum atomic E-state index is 12.2. The summed E-state index contributed by atoms with van der Waals surface area (Å²) in [5, 5.41) is 5.64. The van der Waals surface area contributed by atoms with E-state index in [-0.39, 0.29) is 18.2 Å². The van der Waals surface area contributed by atoms with Gasteiger partial charge in [0.25, 0.3) is 5.91 Å². The molecule has 1 heterocycles. The highest BCUT2D eigenvalue weighted by atomic mass is 79.9. The Kier molecular flexibility index (Phi) is 5.76. The largest absolute Gasteiger partial charge is 0.326 e. The number of hydrogen-bond donors (Lipinski definition) is 2. The number of hydrogen-bond acceptors (Lipinski definition) is 3. The zero-order valence-electron chi connectivity index (χ0n) is 13.8. The molecule has 0 unspecified atom stereocenters. The van der Waals surface area contributed by atoms with Crippen LogP contribution in [0.3, 0.4) is 0 Å². The SMILES string of the molecule is O=C(Cc1cccc(Br)c1)Nc1cccc(NC(=O)c2cccnc2)c1. The lowest BCUT2D eigenvalue weighted by Gasteiger charge is -2.09. The number of nitrogens with zero attached hydrogens (tertiary/aromatic N) is 1. The molecule has 6 heteroatoms. The number of rotatable bonds is 5. The normalized spacial score (nSPS) is 10.2. The van der Waals surface area contributed by atoms with Crippen molar-refractivity contribution in [3.63, 3.8) is 0 Å². The van der Waals surface area contributed by atoms with Gasteiger partial charge in [0.1, 0.15) is 0 Å². The smallest absolute Gasteiger partial charge is 0.257 e. The van der Waals surface area contributed by atoms with Gasteiger partial charge < -0.3 is 10.6 Å². The standard InChI is InChI=1S/C20H16BrN3O2/c21-16-6-1-4-14(10-16)11-19(25)23-17-7-2-8-18(12-17)24-20(26)15-5-3-9-22-13-15/h1-10,12-13H,11H2,(H,23,25)(H,24,26). The molecular formula is C20H16BrN3O2. The Hall–Kier alpha value is -2.99. The van der Waals surface area contributed by atoms with Crippen LogP contribution < -0.4 is 10.6 Å². The number of amides is 2. The molecule has 0 aliphatic carbocycles. The van der Waals surface area contributed by atoms with Gasteiger partial charge in [0.05, 0.1) is 12.0 Å². The van der Waals surface area contributed by atoms with E-state index in [1.807, 2.05) is 24.3 Å². The van der Waals surface area contributed by atoms with Crippen LogP contribution in [0.25, 0.3) is 0 Å². The molecule has 26 heavy (non-hydrogen) atoms. The number of benzene rings is 2. The minimum atomic E-state index is -0.254. The van der Waals surface area contributed by atoms with Gasteiger partial charge in [-0.1, -0.05) is 34.1 Å². The summed E-state index contributed by atoms with van der Waals surface area (Å²) < 4.78 is 0.933. The van der Waals surface area contributed by atoms with Crippen LogP contribution >= 0.6 is 15.9 Å². The van der Waals surface area contributed by atoms with E-state index in [2.05, 4.69) is 31.5 Å². The molecule has 2 amide bonds. The predicted octanol–water partition coefficient (Wildman–Crippen LogP) is 4.28. The van der Waals surface area contributed by atoms with Crippen molar-refractivity contribution in [1.82, 2.24) is 4.98 Å². The van der Waals surface area contributed by atoms with E-state index in [0.29, 0.717) is 16.9 Å². The molecule has 3 rings (SSSR count). The molecule has 130 valence electrons. The van der Waals surface area contributed by atoms with Crippen molar-refractivity contribution in [2.24, 2.45) is 0 Å². The lowest BCUT2D eigenvalue weighted by molar-refractivity contribution is -0.115. The number of halogens is 1. The van der Waals surface area contributed by atoms with Gasteiger partial charge in [-0.05, 0) is 48.0 Å². The molecule has 0 radical (unpaired) electrons. The maximum absolute atomic E-state index is 12.2. The van der Waals surface area contributed by atoms with Crippen LogP contribution in [-0.4, -0.2) is 16.8 Å². The quantitative estimate of drug-likeness (QED) is 0.660. The number of pyridine rings is 1. The van der Waals surface area contributed by atoms with Gasteiger partial charge in [0.15, 0.2) is 0 Å². The van der Waals surface area contributed by atoms with Crippen molar-refractivity contribution < 1.29 is 9.59 Å². The molecule has 2 N–H and O–H groups in total. The third-order valence-corrected chi connectivity index (χ3v) is 4.07. The molecule has 0 saturated carbocycles. The zero-order valence-corrected chi connectivity index (χ0v) is 15.4. The summed E-state index contributed by atoms with van der Waals surface area (Å²) in [6.45, 7) is 0. The third kappa shape index (κ3) is 5.00. The van der Waals surface area contributed by atoms with E-state index in [9.17, 15) is 9.59 Å². The Bertz CT molecular complexity index is 929. The number of anilines is 2. The number of carbonyl (C=O) groups excluding carboxylic acids is 2. The summed E-state index contributed by atoms with van der Waals surface area (Å²) in [4.78, 5) is 28.3. The van der Waals surface area contributed by atoms with Gasteiger partial charge in [0.2, 0.25) is 5.91 Å². The van der Waals surface area contributed by atoms with Crippen LogP contribution in [0.2, 0.25) is 0 Å². The first kappa shape index (κ1) is 17.8. The van der Waals surface area contributed by atoms with Gasteiger partial charge in [-0.3, -0.25) is 14.6 Å². The van der Waals surface area contributed by atoms with Crippen molar-refractivity contribution in [2.75, 3.05) is 10.6 Å². The maximum Gasteiger partial charge on any atom is 0.257 e. The molecule has 1 aromatic heterocycles. The van der Waals surface area contributed by atoms with Gasteiger partial charge in [0, 0.05) is 28.2 Å². The molecule has 0 bridgehead atoms. The molecule has 2 aromatic carbocycles. The van der Waals surface area contributed by atoms with Crippen LogP contribution in [0.15, 0.2) is 77.5 Å². The molecule has 3 aromatic rings. The van der Waals surface area contributed by atoms with Crippen molar-refractivity contribution in [2.45, 2.75) is 6.42 Å². The summed E-state index contributed by atoms with van der Waals surface area (Å²) in [7, 11) is 0. The molecule has 0 fully saturated rings. The molecule has 0 spiro atoms. The Balaban J connectivity index is 1.63. The average Bonchev–Trinajstić information content (AvgIpc) is 2.62. The highest BCUT2D eigenvalue weighted by molar-refractivity contribution is 9.10. The Morgan fingerprint density at radius 3 is 2.42 bits per heavy atom. The van der Waals surface area contributed by atoms with Gasteiger partial charge >= 0.3 is 0 Å². The number of nitrogens with one attached hydrogen (secondary N) is 2. The second-order valence-electron chi connectivity index (χ2n) is 5.63. The fourth-order valence-corrected chi connectivity index (χ4v) is 2.86. The molecule has 0 aliphatic rings. The number of aromatic nitrogens is 1. The summed E-state index contributed by atoms with van der Waals surface area (Å²) in [5.41, 5.74) is 2.60. The second kappa shape index (κ2) is 8.40. The van der Waals surface area contributed by atoms with Crippen LogP contribution in [0.1, 0.15) is 15.9 Å². The van der Waals surface area contributed by atoms with E-state index in [4.69, 9.17) is 0 Å². The van der Waals surface area contributed by atoms with Crippen LogP contribution in [0.5, 0.6) is 0 Å². The van der Waals surface area contributed by atoms with E-state index < -0.39 is 0 Å². The fourth-order valence-electron chi connectivity index (χ4n) is 2.41. The Morgan fingerprint density at radius 1 is 0.923 bits per heavy atom. The lowest BCUT2D eigenvalue weighted by Crippen LogP contribution is -2.15. The van der Waals surface area contributed by atoms with E-state index in [1.165, 1.54) is 6.20 Å². The topological polar surface area (TPSA) is 71.1 Å². The monoisotopic (exact) mass is 409 g/mol. The second-order valence-corrected chi connectivity index (χ2v) is 6.55. The first-order chi connectivity index (χ1) is 12.6. The van der Waals surface area contributed by atoms with Crippen LogP contribution in [0, 0.1) is 0 Å². The summed E-state index contributed by atoms with van der Waals surface area (Å²) in [5.74, 6) is -0.380. The van der Waals surface area contributed by atoms with Crippen molar-refractivity contribution in [3.8, 4) is 0 Å². The highest BCUT2D eigenvalue weighted by Crippen LogP contribution is 2.17. The van der Waals surface area contributed by atoms with Gasteiger partial charge in [-0.25, -0.2) is 0 Å². The molecular weight excluding hydrogens is 394 g/mol. The first-order valence-electron chi connectivity index (χ1n) is 7.96. The average molecular weight is 410 g/mol. The highest BCUT2D eigenvalue weighted by Gasteiger charge is 2.08. The van der Waals surface area contributed by atoms with E-state index in [1.54, 1.807) is 42.6 Å². The Morgan fingerprint density at radius 2 is 1.69 bits per heavy atom. The van der Waals surface area contributed by atoms with Crippen molar-refractivity contribution >= 4 is 39.1 Å². The zero-order chi connectivity index (χ0) is 18.4. The fraction of sp³-hybridized carbons (Fsp3) is 0.0500. The lowest BCUT2D eigenvalue weighted by atomic mass is 10.1. The van der Waals surface area contributed by atoms with Crippen molar-refractivity contribution in [1.29, 1.82) is 0 Å². The summed E-state index contributed by atoms with van der Waals surface area (Å²) >= 11 is 3.39. The van der Waals surface area contributed by atoms with Gasteiger partial charge in [-0.2, -0.15) is 0 Å². The summed E-state index contributed by atoms with van der Waals surface area (Å²) in [6.07, 6.45) is 3.38. The molecule has 0 atom stereocenters. The number of carbonyl (C=O) groups is 2. The molecule has 0 saturated heterocycles.